The van der Waals surface area contributed by atoms with E-state index in [1.807, 2.05) is 12.1 Å². The normalized spacial score (nSPS) is 12.9. The van der Waals surface area contributed by atoms with Crippen molar-refractivity contribution in [1.29, 1.82) is 0 Å². The Morgan fingerprint density at radius 2 is 2.40 bits per heavy atom. The molecule has 0 aromatic carbocycles. The Labute approximate surface area is 91.8 Å². The maximum absolute atomic E-state index is 5.65. The monoisotopic (exact) mass is 211 g/mol. The van der Waals surface area contributed by atoms with Gasteiger partial charge in [-0.2, -0.15) is 0 Å². The molecule has 3 heteroatoms. The lowest BCUT2D eigenvalue weighted by Crippen LogP contribution is -2.16. The molecule has 0 bridgehead atoms. The van der Waals surface area contributed by atoms with Crippen molar-refractivity contribution in [3.8, 4) is 0 Å². The minimum atomic E-state index is 0.300. The summed E-state index contributed by atoms with van der Waals surface area (Å²) in [5, 5.41) is 3.30. The Balaban J connectivity index is 2.01. The quantitative estimate of drug-likeness (QED) is 0.671. The number of hydrogen-bond donors (Lipinski definition) is 1. The highest BCUT2D eigenvalue weighted by atomic mass is 16.5. The zero-order valence-electron chi connectivity index (χ0n) is 9.66. The van der Waals surface area contributed by atoms with E-state index < -0.39 is 0 Å². The van der Waals surface area contributed by atoms with Crippen LogP contribution in [0.4, 0.5) is 0 Å². The van der Waals surface area contributed by atoms with E-state index >= 15 is 0 Å². The van der Waals surface area contributed by atoms with E-state index in [2.05, 4.69) is 19.2 Å². The molecule has 1 atom stereocenters. The first-order valence-corrected chi connectivity index (χ1v) is 5.67. The van der Waals surface area contributed by atoms with Crippen LogP contribution in [-0.2, 0) is 11.3 Å². The molecular weight excluding hydrogens is 190 g/mol. The number of furan rings is 1. The van der Waals surface area contributed by atoms with Crippen molar-refractivity contribution >= 4 is 0 Å². The molecule has 15 heavy (non-hydrogen) atoms. The third-order valence-electron chi connectivity index (χ3n) is 2.30. The van der Waals surface area contributed by atoms with Crippen LogP contribution < -0.4 is 5.32 Å². The van der Waals surface area contributed by atoms with Gasteiger partial charge in [-0.25, -0.2) is 0 Å². The molecular formula is C12H21NO2. The molecule has 0 spiro atoms. The van der Waals surface area contributed by atoms with Gasteiger partial charge in [-0.15, -0.1) is 0 Å². The van der Waals surface area contributed by atoms with Gasteiger partial charge in [0.15, 0.2) is 0 Å². The average molecular weight is 211 g/mol. The summed E-state index contributed by atoms with van der Waals surface area (Å²) in [6.07, 6.45) is 4.23. The summed E-state index contributed by atoms with van der Waals surface area (Å²) >= 11 is 0. The molecule has 0 fully saturated rings. The van der Waals surface area contributed by atoms with Crippen molar-refractivity contribution in [1.82, 2.24) is 5.32 Å². The lowest BCUT2D eigenvalue weighted by molar-refractivity contribution is 0.0365. The van der Waals surface area contributed by atoms with Crippen LogP contribution in [0.2, 0.25) is 0 Å². The minimum absolute atomic E-state index is 0.300. The lowest BCUT2D eigenvalue weighted by Gasteiger charge is -2.11. The smallest absolute Gasteiger partial charge is 0.129 e. The number of nitrogens with one attached hydrogen (secondary N) is 1. The molecule has 0 amide bonds. The Morgan fingerprint density at radius 1 is 1.53 bits per heavy atom. The highest BCUT2D eigenvalue weighted by Gasteiger charge is 2.03. The predicted octanol–water partition coefficient (Wildman–Crippen LogP) is 2.57. The maximum Gasteiger partial charge on any atom is 0.129 e. The van der Waals surface area contributed by atoms with E-state index in [0.717, 1.165) is 31.7 Å². The van der Waals surface area contributed by atoms with Crippen molar-refractivity contribution in [3.63, 3.8) is 0 Å². The van der Waals surface area contributed by atoms with Gasteiger partial charge in [0.25, 0.3) is 0 Å². The van der Waals surface area contributed by atoms with E-state index in [4.69, 9.17) is 9.15 Å². The maximum atomic E-state index is 5.65. The first-order valence-electron chi connectivity index (χ1n) is 5.67. The Kier molecular flexibility index (Phi) is 6.12. The summed E-state index contributed by atoms with van der Waals surface area (Å²) in [7, 11) is 0. The summed E-state index contributed by atoms with van der Waals surface area (Å²) in [6, 6.07) is 3.82. The minimum Gasteiger partial charge on any atom is -0.467 e. The molecule has 0 aliphatic rings. The van der Waals surface area contributed by atoms with Gasteiger partial charge >= 0.3 is 0 Å². The highest BCUT2D eigenvalue weighted by Crippen LogP contribution is 2.07. The fourth-order valence-electron chi connectivity index (χ4n) is 1.39. The van der Waals surface area contributed by atoms with E-state index in [1.54, 1.807) is 6.26 Å². The molecule has 86 valence electrons. The fraction of sp³-hybridized carbons (Fsp3) is 0.667. The SMILES string of the molecule is CCNCCCC(C)OCc1ccco1. The number of rotatable bonds is 8. The summed E-state index contributed by atoms with van der Waals surface area (Å²) < 4.78 is 10.8. The zero-order valence-corrected chi connectivity index (χ0v) is 9.66. The van der Waals surface area contributed by atoms with Crippen LogP contribution in [0, 0.1) is 0 Å². The van der Waals surface area contributed by atoms with E-state index in [0.29, 0.717) is 12.7 Å². The van der Waals surface area contributed by atoms with Crippen LogP contribution in [0.3, 0.4) is 0 Å². The van der Waals surface area contributed by atoms with Crippen molar-refractivity contribution in [2.45, 2.75) is 39.4 Å². The second-order valence-corrected chi connectivity index (χ2v) is 3.70. The Hall–Kier alpha value is -0.800. The van der Waals surface area contributed by atoms with Gasteiger partial charge in [0.1, 0.15) is 12.4 Å². The van der Waals surface area contributed by atoms with Gasteiger partial charge in [0.2, 0.25) is 0 Å². The van der Waals surface area contributed by atoms with Crippen molar-refractivity contribution in [2.75, 3.05) is 13.1 Å². The van der Waals surface area contributed by atoms with Crippen molar-refractivity contribution in [2.24, 2.45) is 0 Å². The second-order valence-electron chi connectivity index (χ2n) is 3.70. The molecule has 0 aliphatic heterocycles. The van der Waals surface area contributed by atoms with Crippen molar-refractivity contribution in [3.05, 3.63) is 24.2 Å². The van der Waals surface area contributed by atoms with Crippen LogP contribution >= 0.6 is 0 Å². The largest absolute Gasteiger partial charge is 0.467 e. The molecule has 0 aliphatic carbocycles. The van der Waals surface area contributed by atoms with Crippen LogP contribution in [0.5, 0.6) is 0 Å². The van der Waals surface area contributed by atoms with Gasteiger partial charge in [-0.1, -0.05) is 6.92 Å². The first-order chi connectivity index (χ1) is 7.33. The lowest BCUT2D eigenvalue weighted by atomic mass is 10.2. The first kappa shape index (κ1) is 12.3. The molecule has 1 aromatic heterocycles. The Bertz CT molecular complexity index is 234. The molecule has 0 saturated heterocycles. The van der Waals surface area contributed by atoms with E-state index in [9.17, 15) is 0 Å². The Morgan fingerprint density at radius 3 is 3.07 bits per heavy atom. The van der Waals surface area contributed by atoms with Gasteiger partial charge < -0.3 is 14.5 Å². The zero-order chi connectivity index (χ0) is 10.9. The van der Waals surface area contributed by atoms with Crippen LogP contribution in [-0.4, -0.2) is 19.2 Å². The fourth-order valence-corrected chi connectivity index (χ4v) is 1.39. The molecule has 0 saturated carbocycles. The molecule has 1 rings (SSSR count). The van der Waals surface area contributed by atoms with Gasteiger partial charge in [0.05, 0.1) is 12.4 Å². The summed E-state index contributed by atoms with van der Waals surface area (Å²) in [5.41, 5.74) is 0. The molecule has 0 radical (unpaired) electrons. The topological polar surface area (TPSA) is 34.4 Å². The average Bonchev–Trinajstić information content (AvgIpc) is 2.74. The summed E-state index contributed by atoms with van der Waals surface area (Å²) in [5.74, 6) is 0.897. The van der Waals surface area contributed by atoms with Gasteiger partial charge in [-0.05, 0) is 45.0 Å². The van der Waals surface area contributed by atoms with Crippen LogP contribution in [0.25, 0.3) is 0 Å². The van der Waals surface area contributed by atoms with Crippen LogP contribution in [0.1, 0.15) is 32.4 Å². The molecule has 1 heterocycles. The van der Waals surface area contributed by atoms with E-state index in [-0.39, 0.29) is 0 Å². The third-order valence-corrected chi connectivity index (χ3v) is 2.30. The molecule has 3 nitrogen and oxygen atoms in total. The van der Waals surface area contributed by atoms with Gasteiger partial charge in [0, 0.05) is 0 Å². The standard InChI is InChI=1S/C12H21NO2/c1-3-13-8-4-6-11(2)15-10-12-7-5-9-14-12/h5,7,9,11,13H,3-4,6,8,10H2,1-2H3. The third kappa shape index (κ3) is 5.60. The molecule has 1 unspecified atom stereocenters. The van der Waals surface area contributed by atoms with Gasteiger partial charge in [-0.3, -0.25) is 0 Å². The number of ether oxygens (including phenoxy) is 1. The highest BCUT2D eigenvalue weighted by molar-refractivity contribution is 4.96. The summed E-state index contributed by atoms with van der Waals surface area (Å²) in [6.45, 7) is 6.92. The molecule has 1 N–H and O–H groups in total. The number of hydrogen-bond acceptors (Lipinski definition) is 3. The summed E-state index contributed by atoms with van der Waals surface area (Å²) in [4.78, 5) is 0. The molecule has 1 aromatic rings. The van der Waals surface area contributed by atoms with Crippen molar-refractivity contribution < 1.29 is 9.15 Å². The predicted molar refractivity (Wildman–Crippen MR) is 60.7 cm³/mol. The van der Waals surface area contributed by atoms with Crippen LogP contribution in [0.15, 0.2) is 22.8 Å². The van der Waals surface area contributed by atoms with E-state index in [1.165, 1.54) is 0 Å². The second kappa shape index (κ2) is 7.49.